The Morgan fingerprint density at radius 2 is 1.28 bits per heavy atom. The highest BCUT2D eigenvalue weighted by Crippen LogP contribution is 2.55. The molecule has 1 aliphatic carbocycles. The van der Waals surface area contributed by atoms with Gasteiger partial charge in [0.05, 0.1) is 11.0 Å². The second kappa shape index (κ2) is 10.9. The van der Waals surface area contributed by atoms with Gasteiger partial charge in [-0.15, -0.1) is 11.3 Å². The largest absolute Gasteiger partial charge is 0.376 e. The van der Waals surface area contributed by atoms with Gasteiger partial charge in [-0.3, -0.25) is 0 Å². The standard InChI is InChI=1S/C53H37BN2S/c1-30-17-21-33(22-18-30)56-47-29-39-34-11-5-8-14-42(34)53(3,4)43(39)28-40(47)41-27-38(32-20-23-36-35-12-7-10-16-48(35)57-49(36)26-32)50-37-13-6-9-15-45(37)55-46-24-19-31(2)25-44(46)54(56)51(41)52(50)55/h5-29H,1-4H3. The molecule has 2 aliphatic heterocycles. The molecule has 0 saturated heterocycles. The van der Waals surface area contributed by atoms with E-state index in [-0.39, 0.29) is 12.3 Å². The number of hydrogen-bond donors (Lipinski definition) is 0. The Morgan fingerprint density at radius 1 is 0.526 bits per heavy atom. The average Bonchev–Trinajstić information content (AvgIpc) is 3.85. The third-order valence-corrected chi connectivity index (χ3v) is 14.6. The number of thiophene rings is 1. The molecule has 0 radical (unpaired) electrons. The lowest BCUT2D eigenvalue weighted by Gasteiger charge is -2.43. The predicted octanol–water partition coefficient (Wildman–Crippen LogP) is 13.0. The topological polar surface area (TPSA) is 8.17 Å². The van der Waals surface area contributed by atoms with E-state index in [1.165, 1.54) is 126 Å². The first-order valence-electron chi connectivity index (χ1n) is 20.1. The van der Waals surface area contributed by atoms with E-state index in [1.807, 2.05) is 11.3 Å². The monoisotopic (exact) mass is 744 g/mol. The number of nitrogens with zero attached hydrogens (tertiary/aromatic N) is 2. The lowest BCUT2D eigenvalue weighted by atomic mass is 9.43. The Bertz CT molecular complexity index is 3420. The maximum Gasteiger partial charge on any atom is 0.333 e. The van der Waals surface area contributed by atoms with Crippen LogP contribution in [0.15, 0.2) is 152 Å². The number of benzene rings is 8. The molecule has 3 aliphatic rings. The molecule has 0 N–H and O–H groups in total. The van der Waals surface area contributed by atoms with Gasteiger partial charge in [0, 0.05) is 59.0 Å². The van der Waals surface area contributed by atoms with Crippen LogP contribution in [0, 0.1) is 13.8 Å². The molecule has 0 amide bonds. The molecule has 13 rings (SSSR count). The van der Waals surface area contributed by atoms with Gasteiger partial charge >= 0.3 is 6.85 Å². The summed E-state index contributed by atoms with van der Waals surface area (Å²) in [7, 11) is 0. The quantitative estimate of drug-likeness (QED) is 0.160. The van der Waals surface area contributed by atoms with Crippen molar-refractivity contribution in [2.24, 2.45) is 0 Å². The van der Waals surface area contributed by atoms with Crippen LogP contribution < -0.4 is 15.7 Å². The Balaban J connectivity index is 1.22. The summed E-state index contributed by atoms with van der Waals surface area (Å²) in [6, 6.07) is 58.2. The van der Waals surface area contributed by atoms with E-state index in [4.69, 9.17) is 0 Å². The molecular weight excluding hydrogens is 707 g/mol. The molecule has 0 spiro atoms. The summed E-state index contributed by atoms with van der Waals surface area (Å²) in [6.07, 6.45) is 0. The lowest BCUT2D eigenvalue weighted by molar-refractivity contribution is 0.660. The second-order valence-corrected chi connectivity index (χ2v) is 18.1. The first-order chi connectivity index (χ1) is 27.8. The van der Waals surface area contributed by atoms with Gasteiger partial charge in [-0.1, -0.05) is 122 Å². The molecule has 10 aromatic rings. The average molecular weight is 745 g/mol. The van der Waals surface area contributed by atoms with Crippen LogP contribution in [0.25, 0.3) is 81.0 Å². The minimum atomic E-state index is -0.124. The van der Waals surface area contributed by atoms with E-state index in [2.05, 4.69) is 189 Å². The van der Waals surface area contributed by atoms with Gasteiger partial charge in [0.25, 0.3) is 0 Å². The van der Waals surface area contributed by atoms with Crippen molar-refractivity contribution in [3.63, 3.8) is 0 Å². The van der Waals surface area contributed by atoms with Crippen molar-refractivity contribution < 1.29 is 0 Å². The van der Waals surface area contributed by atoms with Crippen LogP contribution in [-0.4, -0.2) is 11.4 Å². The van der Waals surface area contributed by atoms with Crippen LogP contribution in [0.2, 0.25) is 0 Å². The normalized spacial score (nSPS) is 14.4. The van der Waals surface area contributed by atoms with Crippen molar-refractivity contribution in [2.75, 3.05) is 4.81 Å². The summed E-state index contributed by atoms with van der Waals surface area (Å²) in [6.45, 7) is 9.22. The number of rotatable bonds is 2. The van der Waals surface area contributed by atoms with Gasteiger partial charge in [-0.05, 0) is 118 Å². The van der Waals surface area contributed by atoms with Crippen LogP contribution in [0.5, 0.6) is 0 Å². The third-order valence-electron chi connectivity index (χ3n) is 13.5. The van der Waals surface area contributed by atoms with Gasteiger partial charge in [0.1, 0.15) is 0 Å². The summed E-state index contributed by atoms with van der Waals surface area (Å²) in [5, 5.41) is 5.30. The minimum absolute atomic E-state index is 0.0220. The van der Waals surface area contributed by atoms with Gasteiger partial charge in [-0.25, -0.2) is 0 Å². The zero-order chi connectivity index (χ0) is 37.9. The summed E-state index contributed by atoms with van der Waals surface area (Å²) >= 11 is 1.90. The zero-order valence-corrected chi connectivity index (χ0v) is 33.1. The fourth-order valence-corrected chi connectivity index (χ4v) is 12.0. The Hall–Kier alpha value is -6.36. The van der Waals surface area contributed by atoms with Crippen LogP contribution in [0.3, 0.4) is 0 Å². The minimum Gasteiger partial charge on any atom is -0.376 e. The maximum atomic E-state index is 2.67. The molecule has 8 aromatic carbocycles. The highest BCUT2D eigenvalue weighted by Gasteiger charge is 2.46. The molecule has 0 atom stereocenters. The predicted molar refractivity (Wildman–Crippen MR) is 245 cm³/mol. The summed E-state index contributed by atoms with van der Waals surface area (Å²) in [4.78, 5) is 2.67. The molecule has 2 nitrogen and oxygen atoms in total. The summed E-state index contributed by atoms with van der Waals surface area (Å²) < 4.78 is 5.27. The molecule has 4 heterocycles. The van der Waals surface area contributed by atoms with E-state index in [0.717, 1.165) is 0 Å². The molecular formula is C53H37BN2S. The molecule has 0 bridgehead atoms. The van der Waals surface area contributed by atoms with Crippen LogP contribution in [0.1, 0.15) is 36.1 Å². The van der Waals surface area contributed by atoms with E-state index in [1.54, 1.807) is 0 Å². The van der Waals surface area contributed by atoms with Gasteiger partial charge in [0.2, 0.25) is 0 Å². The highest BCUT2D eigenvalue weighted by atomic mass is 32.1. The fraction of sp³-hybridized carbons (Fsp3) is 0.0943. The van der Waals surface area contributed by atoms with E-state index in [9.17, 15) is 0 Å². The number of hydrogen-bond acceptors (Lipinski definition) is 2. The summed E-state index contributed by atoms with van der Waals surface area (Å²) in [5.74, 6) is 0. The molecule has 2 aromatic heterocycles. The third kappa shape index (κ3) is 4.06. The molecule has 57 heavy (non-hydrogen) atoms. The van der Waals surface area contributed by atoms with Crippen molar-refractivity contribution >= 4 is 82.5 Å². The number of aromatic nitrogens is 1. The van der Waals surface area contributed by atoms with E-state index in [0.29, 0.717) is 0 Å². The van der Waals surface area contributed by atoms with Crippen LogP contribution in [0.4, 0.5) is 11.4 Å². The number of fused-ring (bicyclic) bond motifs is 14. The van der Waals surface area contributed by atoms with Crippen molar-refractivity contribution in [1.82, 2.24) is 4.57 Å². The van der Waals surface area contributed by atoms with Crippen molar-refractivity contribution in [2.45, 2.75) is 33.1 Å². The van der Waals surface area contributed by atoms with Crippen molar-refractivity contribution in [1.29, 1.82) is 0 Å². The van der Waals surface area contributed by atoms with Gasteiger partial charge in [-0.2, -0.15) is 0 Å². The molecule has 268 valence electrons. The first-order valence-corrected chi connectivity index (χ1v) is 20.9. The zero-order valence-electron chi connectivity index (χ0n) is 32.3. The van der Waals surface area contributed by atoms with E-state index >= 15 is 0 Å². The first kappa shape index (κ1) is 31.8. The molecule has 0 saturated carbocycles. The molecule has 0 unspecified atom stereocenters. The second-order valence-electron chi connectivity index (χ2n) is 17.0. The number of aryl methyl sites for hydroxylation is 2. The fourth-order valence-electron chi connectivity index (χ4n) is 10.9. The molecule has 0 fully saturated rings. The van der Waals surface area contributed by atoms with Crippen LogP contribution in [-0.2, 0) is 5.41 Å². The smallest absolute Gasteiger partial charge is 0.333 e. The Labute approximate surface area is 336 Å². The lowest BCUT2D eigenvalue weighted by Crippen LogP contribution is -2.60. The van der Waals surface area contributed by atoms with Gasteiger partial charge < -0.3 is 9.38 Å². The SMILES string of the molecule is Cc1ccc(N2B3c4cc(C)ccc4-n4c5ccccc5c5c(-c6ccc7c(c6)sc6ccccc67)cc(c3c54)-c3cc4c(cc32)-c2ccccc2C4(C)C)cc1. The Kier molecular flexibility index (Phi) is 6.10. The summed E-state index contributed by atoms with van der Waals surface area (Å²) in [5.41, 5.74) is 22.2. The maximum absolute atomic E-state index is 2.67. The van der Waals surface area contributed by atoms with Gasteiger partial charge in [0.15, 0.2) is 0 Å². The number of para-hydroxylation sites is 1. The number of anilines is 2. The molecule has 4 heteroatoms. The Morgan fingerprint density at radius 3 is 2.16 bits per heavy atom. The highest BCUT2D eigenvalue weighted by molar-refractivity contribution is 7.25. The van der Waals surface area contributed by atoms with E-state index < -0.39 is 0 Å². The van der Waals surface area contributed by atoms with Crippen molar-refractivity contribution in [3.05, 3.63) is 174 Å². The van der Waals surface area contributed by atoms with Crippen molar-refractivity contribution in [3.8, 4) is 39.1 Å². The van der Waals surface area contributed by atoms with Crippen LogP contribution >= 0.6 is 11.3 Å².